The predicted octanol–water partition coefficient (Wildman–Crippen LogP) is 2.20. The average Bonchev–Trinajstić information content (AvgIpc) is 2.94. The van der Waals surface area contributed by atoms with E-state index < -0.39 is 0 Å². The summed E-state index contributed by atoms with van der Waals surface area (Å²) in [5.41, 5.74) is 4.58. The van der Waals surface area contributed by atoms with E-state index in [1.54, 1.807) is 14.2 Å². The minimum absolute atomic E-state index is 0.566. The van der Waals surface area contributed by atoms with Crippen molar-refractivity contribution in [2.75, 3.05) is 33.9 Å². The van der Waals surface area contributed by atoms with E-state index in [0.717, 1.165) is 29.6 Å². The van der Waals surface area contributed by atoms with Crippen LogP contribution in [0, 0.1) is 20.8 Å². The summed E-state index contributed by atoms with van der Waals surface area (Å²) in [6, 6.07) is 8.05. The van der Waals surface area contributed by atoms with E-state index in [0.29, 0.717) is 26.3 Å². The number of aromatic nitrogens is 2. The summed E-state index contributed by atoms with van der Waals surface area (Å²) < 4.78 is 12.9. The normalized spacial score (nSPS) is 11.5. The lowest BCUT2D eigenvalue weighted by atomic mass is 10.2. The third-order valence-corrected chi connectivity index (χ3v) is 4.38. The highest BCUT2D eigenvalue weighted by Gasteiger charge is 2.11. The largest absolute Gasteiger partial charge is 0.492 e. The molecule has 27 heavy (non-hydrogen) atoms. The molecule has 1 aromatic carbocycles. The number of benzene rings is 1. The van der Waals surface area contributed by atoms with Crippen molar-refractivity contribution in [1.82, 2.24) is 20.4 Å². The van der Waals surface area contributed by atoms with E-state index in [1.807, 2.05) is 35.9 Å². The molecule has 1 aromatic heterocycles. The van der Waals surface area contributed by atoms with E-state index in [4.69, 9.17) is 9.47 Å². The Labute approximate surface area is 161 Å². The van der Waals surface area contributed by atoms with E-state index in [-0.39, 0.29) is 0 Å². The number of methoxy groups -OCH3 is 1. The second-order valence-electron chi connectivity index (χ2n) is 6.38. The van der Waals surface area contributed by atoms with Crippen LogP contribution in [0.1, 0.15) is 22.5 Å². The third kappa shape index (κ3) is 6.29. The fourth-order valence-corrected chi connectivity index (χ4v) is 2.75. The van der Waals surface area contributed by atoms with Crippen LogP contribution in [0.15, 0.2) is 29.3 Å². The van der Waals surface area contributed by atoms with Crippen LogP contribution in [0.25, 0.3) is 0 Å². The molecular formula is C20H31N5O2. The maximum atomic E-state index is 5.73. The Hall–Kier alpha value is -2.54. The van der Waals surface area contributed by atoms with Gasteiger partial charge in [-0.1, -0.05) is 17.7 Å². The molecule has 7 nitrogen and oxygen atoms in total. The van der Waals surface area contributed by atoms with Crippen molar-refractivity contribution in [3.8, 4) is 5.75 Å². The molecular weight excluding hydrogens is 342 g/mol. The first-order valence-electron chi connectivity index (χ1n) is 9.21. The lowest BCUT2D eigenvalue weighted by molar-refractivity contribution is 0.182. The zero-order valence-electron chi connectivity index (χ0n) is 17.0. The molecule has 7 heteroatoms. The van der Waals surface area contributed by atoms with Gasteiger partial charge in [0.15, 0.2) is 5.96 Å². The highest BCUT2D eigenvalue weighted by Crippen LogP contribution is 2.13. The molecule has 0 unspecified atom stereocenters. The van der Waals surface area contributed by atoms with Crippen LogP contribution in [0.5, 0.6) is 5.75 Å². The fourth-order valence-electron chi connectivity index (χ4n) is 2.75. The molecule has 0 aliphatic heterocycles. The quantitative estimate of drug-likeness (QED) is 0.400. The van der Waals surface area contributed by atoms with Crippen LogP contribution in [0.4, 0.5) is 0 Å². The lowest BCUT2D eigenvalue weighted by Crippen LogP contribution is -2.39. The van der Waals surface area contributed by atoms with Crippen molar-refractivity contribution in [1.29, 1.82) is 0 Å². The van der Waals surface area contributed by atoms with Crippen molar-refractivity contribution in [2.24, 2.45) is 4.99 Å². The Balaban J connectivity index is 1.78. The van der Waals surface area contributed by atoms with Crippen molar-refractivity contribution in [3.05, 3.63) is 46.8 Å². The fraction of sp³-hybridized carbons (Fsp3) is 0.500. The molecule has 0 spiro atoms. The number of nitrogens with one attached hydrogen (secondary N) is 2. The monoisotopic (exact) mass is 373 g/mol. The molecule has 2 aromatic rings. The van der Waals surface area contributed by atoms with Crippen molar-refractivity contribution in [2.45, 2.75) is 33.9 Å². The second-order valence-corrected chi connectivity index (χ2v) is 6.38. The SMILES string of the molecule is CN=C(NCCOc1ccc(C)cc1)NCc1c(C)nn(CCOC)c1C. The lowest BCUT2D eigenvalue weighted by Gasteiger charge is -2.13. The summed E-state index contributed by atoms with van der Waals surface area (Å²) in [5.74, 6) is 1.62. The first-order valence-corrected chi connectivity index (χ1v) is 9.21. The molecule has 1 heterocycles. The number of aryl methyl sites for hydroxylation is 2. The summed E-state index contributed by atoms with van der Waals surface area (Å²) in [7, 11) is 3.46. The van der Waals surface area contributed by atoms with Crippen LogP contribution >= 0.6 is 0 Å². The number of aliphatic imine (C=N–C) groups is 1. The number of nitrogens with zero attached hydrogens (tertiary/aromatic N) is 3. The number of ether oxygens (including phenoxy) is 2. The van der Waals surface area contributed by atoms with E-state index in [9.17, 15) is 0 Å². The molecule has 148 valence electrons. The molecule has 0 aliphatic carbocycles. The minimum Gasteiger partial charge on any atom is -0.492 e. The summed E-state index contributed by atoms with van der Waals surface area (Å²) >= 11 is 0. The Morgan fingerprint density at radius 3 is 2.52 bits per heavy atom. The summed E-state index contributed by atoms with van der Waals surface area (Å²) in [4.78, 5) is 4.27. The van der Waals surface area contributed by atoms with Crippen molar-refractivity contribution >= 4 is 5.96 Å². The number of hydrogen-bond acceptors (Lipinski definition) is 4. The van der Waals surface area contributed by atoms with Gasteiger partial charge in [0.1, 0.15) is 12.4 Å². The second kappa shape index (κ2) is 10.6. The van der Waals surface area contributed by atoms with E-state index >= 15 is 0 Å². The molecule has 0 fully saturated rings. The van der Waals surface area contributed by atoms with E-state index in [2.05, 4.69) is 34.6 Å². The minimum atomic E-state index is 0.566. The molecule has 2 rings (SSSR count). The number of guanidine groups is 1. The van der Waals surface area contributed by atoms with Gasteiger partial charge in [0.05, 0.1) is 25.4 Å². The van der Waals surface area contributed by atoms with Gasteiger partial charge >= 0.3 is 0 Å². The van der Waals surface area contributed by atoms with Crippen LogP contribution in [0.3, 0.4) is 0 Å². The van der Waals surface area contributed by atoms with Crippen LogP contribution in [0.2, 0.25) is 0 Å². The topological polar surface area (TPSA) is 72.7 Å². The van der Waals surface area contributed by atoms with Crippen molar-refractivity contribution in [3.63, 3.8) is 0 Å². The van der Waals surface area contributed by atoms with Gasteiger partial charge in [0.25, 0.3) is 0 Å². The predicted molar refractivity (Wildman–Crippen MR) is 108 cm³/mol. The van der Waals surface area contributed by atoms with Crippen LogP contribution < -0.4 is 15.4 Å². The van der Waals surface area contributed by atoms with Gasteiger partial charge in [-0.15, -0.1) is 0 Å². The molecule has 0 aliphatic rings. The summed E-state index contributed by atoms with van der Waals surface area (Å²) in [6.07, 6.45) is 0. The van der Waals surface area contributed by atoms with Gasteiger partial charge in [-0.25, -0.2) is 0 Å². The third-order valence-electron chi connectivity index (χ3n) is 4.38. The summed E-state index contributed by atoms with van der Waals surface area (Å²) in [5, 5.41) is 11.2. The zero-order chi connectivity index (χ0) is 19.6. The van der Waals surface area contributed by atoms with Gasteiger partial charge in [-0.2, -0.15) is 5.10 Å². The van der Waals surface area contributed by atoms with Crippen LogP contribution in [-0.4, -0.2) is 49.7 Å². The molecule has 0 saturated carbocycles. The molecule has 0 bridgehead atoms. The zero-order valence-corrected chi connectivity index (χ0v) is 17.0. The molecule has 0 radical (unpaired) electrons. The van der Waals surface area contributed by atoms with Gasteiger partial charge in [0.2, 0.25) is 0 Å². The molecule has 0 amide bonds. The summed E-state index contributed by atoms with van der Waals surface area (Å²) in [6.45, 7) is 9.48. The van der Waals surface area contributed by atoms with Gasteiger partial charge in [-0.3, -0.25) is 9.67 Å². The maximum absolute atomic E-state index is 5.73. The molecule has 0 atom stereocenters. The Morgan fingerprint density at radius 1 is 1.11 bits per heavy atom. The Bertz CT molecular complexity index is 738. The highest BCUT2D eigenvalue weighted by atomic mass is 16.5. The smallest absolute Gasteiger partial charge is 0.191 e. The standard InChI is InChI=1S/C20H31N5O2/c1-15-6-8-18(9-7-15)27-12-10-22-20(21-4)23-14-19-16(2)24-25(17(19)3)11-13-26-5/h6-9H,10-14H2,1-5H3,(H2,21,22,23). The number of hydrogen-bond donors (Lipinski definition) is 2. The van der Waals surface area contributed by atoms with E-state index in [1.165, 1.54) is 11.1 Å². The molecule has 0 saturated heterocycles. The van der Waals surface area contributed by atoms with Crippen LogP contribution in [-0.2, 0) is 17.8 Å². The van der Waals surface area contributed by atoms with Gasteiger partial charge < -0.3 is 20.1 Å². The molecule has 2 N–H and O–H groups in total. The average molecular weight is 374 g/mol. The Kier molecular flexibility index (Phi) is 8.13. The first kappa shape index (κ1) is 20.8. The Morgan fingerprint density at radius 2 is 1.85 bits per heavy atom. The number of rotatable bonds is 9. The first-order chi connectivity index (χ1) is 13.0. The highest BCUT2D eigenvalue weighted by molar-refractivity contribution is 5.79. The van der Waals surface area contributed by atoms with Gasteiger partial charge in [0, 0.05) is 32.0 Å². The van der Waals surface area contributed by atoms with Gasteiger partial charge in [-0.05, 0) is 32.9 Å². The maximum Gasteiger partial charge on any atom is 0.191 e. The van der Waals surface area contributed by atoms with Crippen molar-refractivity contribution < 1.29 is 9.47 Å².